The van der Waals surface area contributed by atoms with Crippen molar-refractivity contribution in [1.82, 2.24) is 14.8 Å². The Hall–Kier alpha value is -3.10. The van der Waals surface area contributed by atoms with E-state index >= 15 is 0 Å². The van der Waals surface area contributed by atoms with Crippen molar-refractivity contribution in [1.29, 1.82) is 0 Å². The molecule has 0 radical (unpaired) electrons. The topological polar surface area (TPSA) is 73.0 Å². The van der Waals surface area contributed by atoms with E-state index in [9.17, 15) is 4.79 Å². The molecule has 2 aromatic heterocycles. The van der Waals surface area contributed by atoms with Gasteiger partial charge in [-0.3, -0.25) is 4.79 Å². The van der Waals surface area contributed by atoms with E-state index in [1.165, 1.54) is 21.6 Å². The number of hydrogen-bond acceptors (Lipinski definition) is 6. The van der Waals surface area contributed by atoms with Crippen LogP contribution in [0.1, 0.15) is 11.1 Å². The molecule has 2 heterocycles. The molecule has 146 valence electrons. The molecule has 0 aliphatic carbocycles. The molecular weight excluding hydrogens is 404 g/mol. The molecule has 0 saturated heterocycles. The van der Waals surface area contributed by atoms with Crippen LogP contribution in [0.3, 0.4) is 0 Å². The Bertz CT molecular complexity index is 1200. The average molecular weight is 423 g/mol. The fraction of sp³-hybridized carbons (Fsp3) is 0.143. The molecule has 0 bridgehead atoms. The van der Waals surface area contributed by atoms with Crippen LogP contribution < -0.4 is 5.32 Å². The van der Waals surface area contributed by atoms with Gasteiger partial charge in [-0.25, -0.2) is 9.67 Å². The van der Waals surface area contributed by atoms with E-state index in [1.807, 2.05) is 67.8 Å². The Morgan fingerprint density at radius 1 is 1.07 bits per heavy atom. The van der Waals surface area contributed by atoms with Gasteiger partial charge in [0.25, 0.3) is 4.84 Å². The summed E-state index contributed by atoms with van der Waals surface area (Å²) in [6, 6.07) is 15.8. The summed E-state index contributed by atoms with van der Waals surface area (Å²) in [7, 11) is 0. The van der Waals surface area contributed by atoms with Gasteiger partial charge >= 0.3 is 0 Å². The van der Waals surface area contributed by atoms with Crippen molar-refractivity contribution in [3.8, 4) is 22.7 Å². The quantitative estimate of drug-likeness (QED) is 0.445. The number of nitrogens with one attached hydrogen (secondary N) is 1. The largest absolute Gasteiger partial charge is 0.409 e. The summed E-state index contributed by atoms with van der Waals surface area (Å²) in [5.74, 6) is 0.119. The van der Waals surface area contributed by atoms with Crippen molar-refractivity contribution in [2.75, 3.05) is 5.32 Å². The smallest absolute Gasteiger partial charge is 0.287 e. The van der Waals surface area contributed by atoms with Gasteiger partial charge in [0.2, 0.25) is 11.8 Å². The maximum Gasteiger partial charge on any atom is 0.287 e. The molecule has 4 aromatic rings. The lowest BCUT2D eigenvalue weighted by molar-refractivity contribution is -0.117. The third kappa shape index (κ3) is 4.49. The molecule has 0 atom stereocenters. The third-order valence-electron chi connectivity index (χ3n) is 4.30. The lowest BCUT2D eigenvalue weighted by Gasteiger charge is -2.01. The van der Waals surface area contributed by atoms with Gasteiger partial charge in [-0.05, 0) is 38.2 Å². The minimum atomic E-state index is -0.269. The van der Waals surface area contributed by atoms with Gasteiger partial charge < -0.3 is 9.73 Å². The summed E-state index contributed by atoms with van der Waals surface area (Å²) in [6.07, 6.45) is 0. The standard InChI is InChI=1S/C21H18N4O2S2/c1-13-3-7-15(8-4-13)17-12-29-20(22-17)23-18(26)11-25-21(28)27-19(24-25)16-9-5-14(2)6-10-16/h3-10,12H,11H2,1-2H3,(H,22,23,26). The minimum absolute atomic E-state index is 0.0480. The fourth-order valence-electron chi connectivity index (χ4n) is 2.70. The molecule has 0 aliphatic heterocycles. The van der Waals surface area contributed by atoms with Gasteiger partial charge in [-0.2, -0.15) is 0 Å². The molecule has 8 heteroatoms. The van der Waals surface area contributed by atoms with Gasteiger partial charge in [0.1, 0.15) is 6.54 Å². The molecular formula is C21H18N4O2S2. The van der Waals surface area contributed by atoms with Crippen LogP contribution in [0.2, 0.25) is 0 Å². The summed E-state index contributed by atoms with van der Waals surface area (Å²) in [6.45, 7) is 3.99. The first-order valence-corrected chi connectivity index (χ1v) is 10.2. The molecule has 0 unspecified atom stereocenters. The summed E-state index contributed by atoms with van der Waals surface area (Å²) >= 11 is 6.57. The molecule has 0 saturated carbocycles. The predicted octanol–water partition coefficient (Wildman–Crippen LogP) is 5.25. The van der Waals surface area contributed by atoms with Gasteiger partial charge in [-0.1, -0.05) is 47.5 Å². The number of carbonyl (C=O) groups excluding carboxylic acids is 1. The maximum atomic E-state index is 12.4. The Morgan fingerprint density at radius 3 is 2.34 bits per heavy atom. The monoisotopic (exact) mass is 422 g/mol. The summed E-state index contributed by atoms with van der Waals surface area (Å²) < 4.78 is 6.91. The lowest BCUT2D eigenvalue weighted by atomic mass is 10.1. The molecule has 6 nitrogen and oxygen atoms in total. The first-order valence-electron chi connectivity index (χ1n) is 8.95. The third-order valence-corrected chi connectivity index (χ3v) is 5.35. The maximum absolute atomic E-state index is 12.4. The summed E-state index contributed by atoms with van der Waals surface area (Å²) in [5, 5.41) is 9.56. The number of nitrogens with zero attached hydrogens (tertiary/aromatic N) is 3. The highest BCUT2D eigenvalue weighted by molar-refractivity contribution is 7.71. The van der Waals surface area contributed by atoms with Crippen LogP contribution in [-0.2, 0) is 11.3 Å². The Kier molecular flexibility index (Phi) is 5.37. The van der Waals surface area contributed by atoms with Crippen LogP contribution >= 0.6 is 23.6 Å². The van der Waals surface area contributed by atoms with E-state index in [-0.39, 0.29) is 17.3 Å². The Balaban J connectivity index is 1.44. The zero-order chi connectivity index (χ0) is 20.4. The van der Waals surface area contributed by atoms with Gasteiger partial charge in [0.15, 0.2) is 5.13 Å². The number of thiazole rings is 1. The normalized spacial score (nSPS) is 10.8. The van der Waals surface area contributed by atoms with Crippen molar-refractivity contribution >= 4 is 34.6 Å². The van der Waals surface area contributed by atoms with E-state index < -0.39 is 0 Å². The van der Waals surface area contributed by atoms with Gasteiger partial charge in [0, 0.05) is 16.5 Å². The number of rotatable bonds is 5. The Labute approximate surface area is 176 Å². The summed E-state index contributed by atoms with van der Waals surface area (Å²) in [4.78, 5) is 17.1. The van der Waals surface area contributed by atoms with Crippen LogP contribution in [0.15, 0.2) is 58.3 Å². The van der Waals surface area contributed by atoms with E-state index in [2.05, 4.69) is 15.4 Å². The minimum Gasteiger partial charge on any atom is -0.409 e. The molecule has 1 N–H and O–H groups in total. The number of benzene rings is 2. The van der Waals surface area contributed by atoms with Crippen molar-refractivity contribution in [3.05, 3.63) is 69.9 Å². The van der Waals surface area contributed by atoms with Crippen molar-refractivity contribution in [2.45, 2.75) is 20.4 Å². The zero-order valence-corrected chi connectivity index (χ0v) is 17.5. The number of hydrogen-bond donors (Lipinski definition) is 1. The fourth-order valence-corrected chi connectivity index (χ4v) is 3.62. The molecule has 0 fully saturated rings. The highest BCUT2D eigenvalue weighted by atomic mass is 32.1. The van der Waals surface area contributed by atoms with Crippen molar-refractivity contribution in [3.63, 3.8) is 0 Å². The van der Waals surface area contributed by atoms with E-state index in [4.69, 9.17) is 16.6 Å². The molecule has 29 heavy (non-hydrogen) atoms. The zero-order valence-electron chi connectivity index (χ0n) is 15.9. The number of carbonyl (C=O) groups is 1. The van der Waals surface area contributed by atoms with Gasteiger partial charge in [-0.15, -0.1) is 16.4 Å². The first-order chi connectivity index (χ1) is 14.0. The second-order valence-electron chi connectivity index (χ2n) is 6.65. The Morgan fingerprint density at radius 2 is 1.69 bits per heavy atom. The summed E-state index contributed by atoms with van der Waals surface area (Å²) in [5.41, 5.74) is 4.97. The number of amides is 1. The first kappa shape index (κ1) is 19.2. The van der Waals surface area contributed by atoms with E-state index in [0.29, 0.717) is 11.0 Å². The number of aromatic nitrogens is 3. The van der Waals surface area contributed by atoms with E-state index in [1.54, 1.807) is 0 Å². The van der Waals surface area contributed by atoms with Crippen LogP contribution in [0.4, 0.5) is 5.13 Å². The number of aryl methyl sites for hydroxylation is 2. The molecule has 0 spiro atoms. The van der Waals surface area contributed by atoms with Crippen LogP contribution in [0.25, 0.3) is 22.7 Å². The highest BCUT2D eigenvalue weighted by Gasteiger charge is 2.13. The van der Waals surface area contributed by atoms with Crippen LogP contribution in [0, 0.1) is 18.7 Å². The lowest BCUT2D eigenvalue weighted by Crippen LogP contribution is -2.19. The molecule has 2 aromatic carbocycles. The highest BCUT2D eigenvalue weighted by Crippen LogP contribution is 2.25. The SMILES string of the molecule is Cc1ccc(-c2csc(NC(=O)Cn3nc(-c4ccc(C)cc4)oc3=S)n2)cc1. The molecule has 1 amide bonds. The van der Waals surface area contributed by atoms with E-state index in [0.717, 1.165) is 22.4 Å². The molecule has 4 rings (SSSR count). The van der Waals surface area contributed by atoms with Crippen molar-refractivity contribution < 1.29 is 9.21 Å². The second kappa shape index (κ2) is 8.10. The van der Waals surface area contributed by atoms with Crippen LogP contribution in [-0.4, -0.2) is 20.7 Å². The predicted molar refractivity (Wildman–Crippen MR) is 116 cm³/mol. The van der Waals surface area contributed by atoms with Gasteiger partial charge in [0.05, 0.1) is 5.69 Å². The molecule has 0 aliphatic rings. The van der Waals surface area contributed by atoms with Crippen LogP contribution in [0.5, 0.6) is 0 Å². The second-order valence-corrected chi connectivity index (χ2v) is 7.86. The van der Waals surface area contributed by atoms with Crippen molar-refractivity contribution in [2.24, 2.45) is 0 Å². The number of anilines is 1. The average Bonchev–Trinajstić information content (AvgIpc) is 3.30.